The number of aliphatic carboxylic acids is 1. The van der Waals surface area contributed by atoms with Gasteiger partial charge in [0.1, 0.15) is 12.4 Å². The van der Waals surface area contributed by atoms with Gasteiger partial charge in [-0.25, -0.2) is 4.79 Å². The summed E-state index contributed by atoms with van der Waals surface area (Å²) in [6.07, 6.45) is 2.53. The summed E-state index contributed by atoms with van der Waals surface area (Å²) >= 11 is 9.62. The van der Waals surface area contributed by atoms with Gasteiger partial charge >= 0.3 is 5.97 Å². The molecule has 5 heteroatoms. The third kappa shape index (κ3) is 5.62. The van der Waals surface area contributed by atoms with Gasteiger partial charge in [-0.15, -0.1) is 0 Å². The maximum atomic E-state index is 10.8. The Morgan fingerprint density at radius 2 is 1.88 bits per heavy atom. The first-order chi connectivity index (χ1) is 11.7. The topological polar surface area (TPSA) is 46.5 Å². The molecule has 0 aromatic heterocycles. The van der Waals surface area contributed by atoms with Crippen LogP contribution in [-0.2, 0) is 16.8 Å². The molecule has 0 bridgehead atoms. The molecule has 0 aliphatic heterocycles. The molecule has 0 saturated carbocycles. The Hall–Kier alpha value is -1.78. The highest BCUT2D eigenvalue weighted by molar-refractivity contribution is 9.10. The third-order valence-corrected chi connectivity index (χ3v) is 4.38. The average Bonchev–Trinajstić information content (AvgIpc) is 2.51. The molecular weight excluding hydrogens is 404 g/mol. The van der Waals surface area contributed by atoms with Gasteiger partial charge in [0.2, 0.25) is 0 Å². The zero-order chi connectivity index (χ0) is 18.6. The largest absolute Gasteiger partial charge is 0.487 e. The number of hydrogen-bond acceptors (Lipinski definition) is 2. The molecule has 0 aliphatic carbocycles. The van der Waals surface area contributed by atoms with Gasteiger partial charge in [0.15, 0.2) is 0 Å². The van der Waals surface area contributed by atoms with Crippen molar-refractivity contribution in [3.8, 4) is 5.75 Å². The van der Waals surface area contributed by atoms with E-state index in [-0.39, 0.29) is 5.41 Å². The summed E-state index contributed by atoms with van der Waals surface area (Å²) in [5, 5.41) is 9.25. The lowest BCUT2D eigenvalue weighted by molar-refractivity contribution is -0.131. The van der Waals surface area contributed by atoms with Gasteiger partial charge in [-0.2, -0.15) is 0 Å². The molecule has 0 radical (unpaired) electrons. The second kappa shape index (κ2) is 8.07. The maximum absolute atomic E-state index is 10.8. The monoisotopic (exact) mass is 422 g/mol. The number of carboxylic acids is 1. The van der Waals surface area contributed by atoms with Crippen LogP contribution >= 0.6 is 27.5 Å². The van der Waals surface area contributed by atoms with E-state index < -0.39 is 5.97 Å². The van der Waals surface area contributed by atoms with Crippen molar-refractivity contribution in [3.63, 3.8) is 0 Å². The van der Waals surface area contributed by atoms with Crippen LogP contribution in [0.4, 0.5) is 0 Å². The molecular formula is C20H20BrClO3. The van der Waals surface area contributed by atoms with Gasteiger partial charge in [0, 0.05) is 16.1 Å². The standard InChI is InChI=1S/C20H20BrClO3/c1-20(2,3)15-7-4-13(5-8-15)12-25-19-14(6-9-18(23)24)10-16(21)11-17(19)22/h4-11H,12H2,1-3H3,(H,23,24). The first-order valence-corrected chi connectivity index (χ1v) is 8.96. The summed E-state index contributed by atoms with van der Waals surface area (Å²) in [5.74, 6) is -0.568. The summed E-state index contributed by atoms with van der Waals surface area (Å²) < 4.78 is 6.62. The molecule has 0 unspecified atom stereocenters. The molecule has 0 spiro atoms. The summed E-state index contributed by atoms with van der Waals surface area (Å²) in [5.41, 5.74) is 2.97. The Bertz CT molecular complexity index is 790. The molecule has 2 aromatic carbocycles. The van der Waals surface area contributed by atoms with Crippen LogP contribution in [0.1, 0.15) is 37.5 Å². The van der Waals surface area contributed by atoms with Gasteiger partial charge < -0.3 is 9.84 Å². The number of rotatable bonds is 5. The van der Waals surface area contributed by atoms with Crippen molar-refractivity contribution in [2.24, 2.45) is 0 Å². The first kappa shape index (κ1) is 19.5. The molecule has 132 valence electrons. The number of carbonyl (C=O) groups is 1. The highest BCUT2D eigenvalue weighted by Gasteiger charge is 2.13. The molecule has 0 heterocycles. The van der Waals surface area contributed by atoms with Crippen LogP contribution in [0, 0.1) is 0 Å². The Morgan fingerprint density at radius 3 is 2.44 bits per heavy atom. The molecule has 1 N–H and O–H groups in total. The molecule has 0 atom stereocenters. The lowest BCUT2D eigenvalue weighted by Gasteiger charge is -2.19. The third-order valence-electron chi connectivity index (χ3n) is 3.65. The number of benzene rings is 2. The Balaban J connectivity index is 2.21. The van der Waals surface area contributed by atoms with Gasteiger partial charge in [0.25, 0.3) is 0 Å². The molecule has 3 nitrogen and oxygen atoms in total. The first-order valence-electron chi connectivity index (χ1n) is 7.79. The van der Waals surface area contributed by atoms with E-state index in [1.165, 1.54) is 11.6 Å². The van der Waals surface area contributed by atoms with Crippen molar-refractivity contribution in [1.29, 1.82) is 0 Å². The van der Waals surface area contributed by atoms with Crippen LogP contribution in [0.5, 0.6) is 5.75 Å². The van der Waals surface area contributed by atoms with E-state index in [9.17, 15) is 4.79 Å². The molecule has 0 aliphatic rings. The zero-order valence-electron chi connectivity index (χ0n) is 14.3. The van der Waals surface area contributed by atoms with Crippen molar-refractivity contribution in [3.05, 3.63) is 68.7 Å². The van der Waals surface area contributed by atoms with Crippen LogP contribution in [0.25, 0.3) is 6.08 Å². The predicted octanol–water partition coefficient (Wildman–Crippen LogP) is 6.08. The van der Waals surface area contributed by atoms with Gasteiger partial charge in [-0.05, 0) is 34.8 Å². The molecule has 0 fully saturated rings. The zero-order valence-corrected chi connectivity index (χ0v) is 16.7. The summed E-state index contributed by atoms with van der Waals surface area (Å²) in [7, 11) is 0. The van der Waals surface area contributed by atoms with Crippen molar-refractivity contribution < 1.29 is 14.6 Å². The van der Waals surface area contributed by atoms with E-state index in [2.05, 4.69) is 48.8 Å². The van der Waals surface area contributed by atoms with E-state index >= 15 is 0 Å². The number of hydrogen-bond donors (Lipinski definition) is 1. The van der Waals surface area contributed by atoms with Gasteiger partial charge in [-0.1, -0.05) is 72.6 Å². The second-order valence-electron chi connectivity index (χ2n) is 6.71. The number of ether oxygens (including phenoxy) is 1. The second-order valence-corrected chi connectivity index (χ2v) is 8.04. The quantitative estimate of drug-likeness (QED) is 0.593. The van der Waals surface area contributed by atoms with Crippen LogP contribution in [-0.4, -0.2) is 11.1 Å². The lowest BCUT2D eigenvalue weighted by atomic mass is 9.87. The summed E-state index contributed by atoms with van der Waals surface area (Å²) in [6.45, 7) is 6.85. The predicted molar refractivity (Wildman–Crippen MR) is 105 cm³/mol. The molecule has 2 aromatic rings. The molecule has 2 rings (SSSR count). The highest BCUT2D eigenvalue weighted by atomic mass is 79.9. The van der Waals surface area contributed by atoms with Crippen LogP contribution in [0.3, 0.4) is 0 Å². The van der Waals surface area contributed by atoms with E-state index in [1.54, 1.807) is 12.1 Å². The smallest absolute Gasteiger partial charge is 0.328 e. The van der Waals surface area contributed by atoms with Crippen LogP contribution in [0.15, 0.2) is 46.9 Å². The maximum Gasteiger partial charge on any atom is 0.328 e. The van der Waals surface area contributed by atoms with E-state index in [0.717, 1.165) is 16.1 Å². The van der Waals surface area contributed by atoms with Crippen LogP contribution < -0.4 is 4.74 Å². The molecule has 25 heavy (non-hydrogen) atoms. The van der Waals surface area contributed by atoms with Gasteiger partial charge in [-0.3, -0.25) is 0 Å². The van der Waals surface area contributed by atoms with Gasteiger partial charge in [0.05, 0.1) is 5.02 Å². The number of halogens is 2. The molecule has 0 amide bonds. The fourth-order valence-electron chi connectivity index (χ4n) is 2.27. The minimum atomic E-state index is -1.03. The molecule has 0 saturated heterocycles. The van der Waals surface area contributed by atoms with Crippen molar-refractivity contribution >= 4 is 39.6 Å². The fourth-order valence-corrected chi connectivity index (χ4v) is 3.16. The van der Waals surface area contributed by atoms with E-state index in [4.69, 9.17) is 21.4 Å². The SMILES string of the molecule is CC(C)(C)c1ccc(COc2c(Cl)cc(Br)cc2C=CC(=O)O)cc1. The summed E-state index contributed by atoms with van der Waals surface area (Å²) in [4.78, 5) is 10.8. The number of carboxylic acid groups (broad SMARTS) is 1. The van der Waals surface area contributed by atoms with Crippen LogP contribution in [0.2, 0.25) is 5.02 Å². The highest BCUT2D eigenvalue weighted by Crippen LogP contribution is 2.34. The van der Waals surface area contributed by atoms with Crippen molar-refractivity contribution in [2.75, 3.05) is 0 Å². The normalized spacial score (nSPS) is 11.7. The van der Waals surface area contributed by atoms with E-state index in [0.29, 0.717) is 22.9 Å². The Labute approximate surface area is 161 Å². The Morgan fingerprint density at radius 1 is 1.24 bits per heavy atom. The minimum Gasteiger partial charge on any atom is -0.487 e. The summed E-state index contributed by atoms with van der Waals surface area (Å²) in [6, 6.07) is 11.7. The lowest BCUT2D eigenvalue weighted by Crippen LogP contribution is -2.10. The minimum absolute atomic E-state index is 0.100. The average molecular weight is 424 g/mol. The van der Waals surface area contributed by atoms with Crippen molar-refractivity contribution in [1.82, 2.24) is 0 Å². The fraction of sp³-hybridized carbons (Fsp3) is 0.250. The van der Waals surface area contributed by atoms with Crippen molar-refractivity contribution in [2.45, 2.75) is 32.8 Å². The Kier molecular flexibility index (Phi) is 6.31. The van der Waals surface area contributed by atoms with E-state index in [1.807, 2.05) is 12.1 Å².